The van der Waals surface area contributed by atoms with Gasteiger partial charge in [0, 0.05) is 47.3 Å². The molecule has 0 spiro atoms. The summed E-state index contributed by atoms with van der Waals surface area (Å²) in [6.07, 6.45) is 2.12. The molecule has 0 aliphatic heterocycles. The highest BCUT2D eigenvalue weighted by atomic mass is 32.2. The van der Waals surface area contributed by atoms with Gasteiger partial charge < -0.3 is 9.84 Å². The first-order valence-electron chi connectivity index (χ1n) is 13.0. The molecule has 198 valence electrons. The highest BCUT2D eigenvalue weighted by molar-refractivity contribution is 7.99. The Hall–Kier alpha value is -3.48. The fraction of sp³-hybridized carbons (Fsp3) is 0.212. The molecule has 0 saturated heterocycles. The van der Waals surface area contributed by atoms with E-state index < -0.39 is 0 Å². The average molecular weight is 555 g/mol. The van der Waals surface area contributed by atoms with E-state index in [9.17, 15) is 14.7 Å². The first-order chi connectivity index (χ1) is 18.8. The van der Waals surface area contributed by atoms with Gasteiger partial charge in [0.15, 0.2) is 11.6 Å². The summed E-state index contributed by atoms with van der Waals surface area (Å²) >= 11 is 2.88. The summed E-state index contributed by atoms with van der Waals surface area (Å²) in [5, 5.41) is 9.60. The molecule has 0 unspecified atom stereocenters. The molecular formula is C33H30O4S2. The van der Waals surface area contributed by atoms with Crippen molar-refractivity contribution in [2.75, 3.05) is 6.61 Å². The topological polar surface area (TPSA) is 63.6 Å². The van der Waals surface area contributed by atoms with Crippen molar-refractivity contribution in [1.82, 2.24) is 0 Å². The van der Waals surface area contributed by atoms with Gasteiger partial charge in [-0.25, -0.2) is 0 Å². The molecule has 0 bridgehead atoms. The molecule has 39 heavy (non-hydrogen) atoms. The Kier molecular flexibility index (Phi) is 7.87. The van der Waals surface area contributed by atoms with Crippen LogP contribution in [0.15, 0.2) is 105 Å². The molecule has 0 amide bonds. The van der Waals surface area contributed by atoms with Crippen LogP contribution in [0.4, 0.5) is 0 Å². The van der Waals surface area contributed by atoms with Crippen molar-refractivity contribution in [1.29, 1.82) is 0 Å². The number of carbonyl (C=O) groups is 2. The Labute approximate surface area is 237 Å². The number of fused-ring (bicyclic) bond motifs is 2. The summed E-state index contributed by atoms with van der Waals surface area (Å²) in [6, 6.07) is 25.6. The first-order valence-corrected chi connectivity index (χ1v) is 14.7. The highest BCUT2D eigenvalue weighted by Gasteiger charge is 2.33. The normalized spacial score (nSPS) is 12.7. The zero-order valence-corrected chi connectivity index (χ0v) is 23.8. The summed E-state index contributed by atoms with van der Waals surface area (Å²) in [4.78, 5) is 30.8. The molecule has 0 heterocycles. The van der Waals surface area contributed by atoms with Crippen molar-refractivity contribution < 1.29 is 19.4 Å². The summed E-state index contributed by atoms with van der Waals surface area (Å²) < 4.78 is 6.06. The van der Waals surface area contributed by atoms with Gasteiger partial charge in [-0.1, -0.05) is 68.6 Å². The van der Waals surface area contributed by atoms with Crippen molar-refractivity contribution in [3.05, 3.63) is 107 Å². The van der Waals surface area contributed by atoms with Gasteiger partial charge in [0.25, 0.3) is 0 Å². The Balaban J connectivity index is 1.40. The average Bonchev–Trinajstić information content (AvgIpc) is 2.96. The Morgan fingerprint density at radius 1 is 0.692 bits per heavy atom. The molecular weight excluding hydrogens is 524 g/mol. The fourth-order valence-corrected chi connectivity index (χ4v) is 6.39. The Morgan fingerprint density at radius 3 is 1.62 bits per heavy atom. The predicted molar refractivity (Wildman–Crippen MR) is 157 cm³/mol. The molecule has 1 aliphatic carbocycles. The van der Waals surface area contributed by atoms with Gasteiger partial charge in [0.1, 0.15) is 11.5 Å². The Morgan fingerprint density at radius 2 is 1.15 bits per heavy atom. The second-order valence-corrected chi connectivity index (χ2v) is 12.2. The number of hydrogen-bond donors (Lipinski definition) is 1. The van der Waals surface area contributed by atoms with Crippen molar-refractivity contribution in [3.8, 4) is 11.5 Å². The number of carbonyl (C=O) groups excluding carboxylic acids is 2. The molecule has 4 aromatic rings. The van der Waals surface area contributed by atoms with Crippen molar-refractivity contribution in [3.63, 3.8) is 0 Å². The van der Waals surface area contributed by atoms with Crippen LogP contribution in [0.25, 0.3) is 0 Å². The maximum absolute atomic E-state index is 13.8. The summed E-state index contributed by atoms with van der Waals surface area (Å²) in [5.74, 6) is 0.705. The molecule has 5 rings (SSSR count). The van der Waals surface area contributed by atoms with Crippen LogP contribution < -0.4 is 4.74 Å². The number of hydrogen-bond acceptors (Lipinski definition) is 6. The lowest BCUT2D eigenvalue weighted by atomic mass is 9.84. The molecule has 0 radical (unpaired) electrons. The van der Waals surface area contributed by atoms with Gasteiger partial charge in [-0.05, 0) is 73.5 Å². The number of rotatable bonds is 9. The van der Waals surface area contributed by atoms with E-state index in [0.29, 0.717) is 28.9 Å². The van der Waals surface area contributed by atoms with Crippen molar-refractivity contribution in [2.45, 2.75) is 53.2 Å². The van der Waals surface area contributed by atoms with E-state index in [1.165, 1.54) is 23.5 Å². The lowest BCUT2D eigenvalue weighted by Crippen LogP contribution is -2.23. The number of phenolic OH excluding ortho intramolecular Hbond substituents is 1. The standard InChI is InChI=1S/C33H30O4S2/c1-4-33(3,5-2)20-37-22-14-18-24(19-15-22)39-28-11-7-9-26-30(28)32(36)25-8-6-10-27(29(25)31(26)35)38-23-16-12-21(34)13-17-23/h6-19,34H,4-5,20H2,1-3H3. The van der Waals surface area contributed by atoms with E-state index in [4.69, 9.17) is 4.74 Å². The van der Waals surface area contributed by atoms with E-state index in [1.54, 1.807) is 36.4 Å². The van der Waals surface area contributed by atoms with Crippen LogP contribution in [-0.2, 0) is 0 Å². The van der Waals surface area contributed by atoms with Crippen LogP contribution >= 0.6 is 23.5 Å². The summed E-state index contributed by atoms with van der Waals surface area (Å²) in [5.41, 5.74) is 1.89. The van der Waals surface area contributed by atoms with Crippen molar-refractivity contribution >= 4 is 35.1 Å². The second kappa shape index (κ2) is 11.3. The number of ketones is 2. The minimum atomic E-state index is -0.150. The second-order valence-electron chi connectivity index (χ2n) is 9.99. The number of benzene rings is 4. The van der Waals surface area contributed by atoms with Gasteiger partial charge in [-0.3, -0.25) is 9.59 Å². The molecule has 0 atom stereocenters. The SMILES string of the molecule is CCC(C)(CC)COc1ccc(Sc2cccc3c2C(=O)c2cccc(Sc4ccc(O)cc4)c2C3=O)cc1. The third-order valence-electron chi connectivity index (χ3n) is 7.41. The minimum Gasteiger partial charge on any atom is -0.508 e. The van der Waals surface area contributed by atoms with E-state index in [2.05, 4.69) is 20.8 Å². The van der Waals surface area contributed by atoms with E-state index in [-0.39, 0.29) is 22.7 Å². The monoisotopic (exact) mass is 554 g/mol. The summed E-state index contributed by atoms with van der Waals surface area (Å²) in [7, 11) is 0. The molecule has 4 nitrogen and oxygen atoms in total. The number of phenols is 1. The molecule has 0 fully saturated rings. The van der Waals surface area contributed by atoms with Crippen LogP contribution in [0.2, 0.25) is 0 Å². The number of ether oxygens (including phenoxy) is 1. The molecule has 6 heteroatoms. The maximum Gasteiger partial charge on any atom is 0.195 e. The zero-order chi connectivity index (χ0) is 27.6. The quantitative estimate of drug-likeness (QED) is 0.197. The third-order valence-corrected chi connectivity index (χ3v) is 9.54. The van der Waals surface area contributed by atoms with Crippen LogP contribution in [0, 0.1) is 5.41 Å². The first kappa shape index (κ1) is 27.1. The zero-order valence-electron chi connectivity index (χ0n) is 22.2. The minimum absolute atomic E-state index is 0.144. The third kappa shape index (κ3) is 5.63. The van der Waals surface area contributed by atoms with E-state index >= 15 is 0 Å². The molecule has 0 saturated carbocycles. The fourth-order valence-electron chi connectivity index (χ4n) is 4.43. The predicted octanol–water partition coefficient (Wildman–Crippen LogP) is 8.68. The lowest BCUT2D eigenvalue weighted by Gasteiger charge is -2.26. The van der Waals surface area contributed by atoms with Gasteiger partial charge in [-0.2, -0.15) is 0 Å². The van der Waals surface area contributed by atoms with Gasteiger partial charge in [0.2, 0.25) is 0 Å². The Bertz CT molecular complexity index is 1520. The van der Waals surface area contributed by atoms with Gasteiger partial charge in [0.05, 0.1) is 6.61 Å². The molecule has 0 aromatic heterocycles. The van der Waals surface area contributed by atoms with Crippen LogP contribution in [0.5, 0.6) is 11.5 Å². The van der Waals surface area contributed by atoms with Gasteiger partial charge >= 0.3 is 0 Å². The lowest BCUT2D eigenvalue weighted by molar-refractivity contribution is 0.0974. The smallest absolute Gasteiger partial charge is 0.195 e. The van der Waals surface area contributed by atoms with Gasteiger partial charge in [-0.15, -0.1) is 0 Å². The van der Waals surface area contributed by atoms with E-state index in [1.807, 2.05) is 48.5 Å². The van der Waals surface area contributed by atoms with Crippen LogP contribution in [-0.4, -0.2) is 23.3 Å². The summed E-state index contributed by atoms with van der Waals surface area (Å²) in [6.45, 7) is 7.28. The largest absolute Gasteiger partial charge is 0.508 e. The highest BCUT2D eigenvalue weighted by Crippen LogP contribution is 2.41. The van der Waals surface area contributed by atoms with E-state index in [0.717, 1.165) is 38.2 Å². The number of aromatic hydroxyl groups is 1. The van der Waals surface area contributed by atoms with Crippen LogP contribution in [0.1, 0.15) is 65.5 Å². The van der Waals surface area contributed by atoms with Crippen molar-refractivity contribution in [2.24, 2.45) is 5.41 Å². The molecule has 1 N–H and O–H groups in total. The molecule has 4 aromatic carbocycles. The maximum atomic E-state index is 13.8. The van der Waals surface area contributed by atoms with Crippen LogP contribution in [0.3, 0.4) is 0 Å². The molecule has 1 aliphatic rings.